The highest BCUT2D eigenvalue weighted by Gasteiger charge is 2.34. The Morgan fingerprint density at radius 1 is 1.00 bits per heavy atom. The van der Waals surface area contributed by atoms with Gasteiger partial charge in [0.2, 0.25) is 15.9 Å². The molecule has 1 aromatic carbocycles. The summed E-state index contributed by atoms with van der Waals surface area (Å²) in [5.74, 6) is -0.368. The molecule has 1 amide bonds. The molecule has 0 N–H and O–H groups in total. The van der Waals surface area contributed by atoms with Gasteiger partial charge in [0.05, 0.1) is 4.90 Å². The Morgan fingerprint density at radius 3 is 2.13 bits per heavy atom. The number of hydrogen-bond acceptors (Lipinski definition) is 3. The average Bonchev–Trinajstić information content (AvgIpc) is 3.09. The highest BCUT2D eigenvalue weighted by atomic mass is 32.2. The zero-order valence-electron chi connectivity index (χ0n) is 12.9. The molecule has 2 fully saturated rings. The van der Waals surface area contributed by atoms with Crippen LogP contribution in [0.25, 0.3) is 0 Å². The number of amides is 1. The van der Waals surface area contributed by atoms with E-state index in [0.29, 0.717) is 25.9 Å². The Labute approximate surface area is 136 Å². The molecule has 0 aliphatic carbocycles. The summed E-state index contributed by atoms with van der Waals surface area (Å²) in [6, 6.07) is 4.87. The zero-order chi connectivity index (χ0) is 16.4. The highest BCUT2D eigenvalue weighted by Crippen LogP contribution is 2.26. The number of nitrogens with zero attached hydrogens (tertiary/aromatic N) is 2. The average molecular weight is 340 g/mol. The number of sulfonamides is 1. The predicted molar refractivity (Wildman–Crippen MR) is 83.7 cm³/mol. The monoisotopic (exact) mass is 340 g/mol. The lowest BCUT2D eigenvalue weighted by Crippen LogP contribution is -2.43. The second kappa shape index (κ2) is 6.57. The van der Waals surface area contributed by atoms with Gasteiger partial charge < -0.3 is 4.90 Å². The van der Waals surface area contributed by atoms with E-state index in [0.717, 1.165) is 38.1 Å². The summed E-state index contributed by atoms with van der Waals surface area (Å²) in [5.41, 5.74) is 0. The lowest BCUT2D eigenvalue weighted by atomic mass is 9.97. The van der Waals surface area contributed by atoms with Crippen molar-refractivity contribution in [1.82, 2.24) is 9.21 Å². The largest absolute Gasteiger partial charge is 0.342 e. The number of carbonyl (C=O) groups excluding carboxylic acids is 1. The molecule has 0 unspecified atom stereocenters. The number of carbonyl (C=O) groups is 1. The van der Waals surface area contributed by atoms with E-state index >= 15 is 0 Å². The molecule has 0 spiro atoms. The number of likely N-dealkylation sites (tertiary alicyclic amines) is 1. The number of hydrogen-bond donors (Lipinski definition) is 0. The lowest BCUT2D eigenvalue weighted by molar-refractivity contribution is -0.135. The summed E-state index contributed by atoms with van der Waals surface area (Å²) < 4.78 is 39.4. The summed E-state index contributed by atoms with van der Waals surface area (Å²) in [6.45, 7) is 2.33. The van der Waals surface area contributed by atoms with Crippen molar-refractivity contribution >= 4 is 15.9 Å². The van der Waals surface area contributed by atoms with E-state index in [2.05, 4.69) is 0 Å². The van der Waals surface area contributed by atoms with Crippen LogP contribution in [0.5, 0.6) is 0 Å². The summed E-state index contributed by atoms with van der Waals surface area (Å²) >= 11 is 0. The molecule has 2 heterocycles. The third-order valence-corrected chi connectivity index (χ3v) is 6.59. The first kappa shape index (κ1) is 16.4. The summed E-state index contributed by atoms with van der Waals surface area (Å²) in [6.07, 6.45) is 3.22. The van der Waals surface area contributed by atoms with Crippen LogP contribution in [0, 0.1) is 11.7 Å². The molecule has 0 radical (unpaired) electrons. The molecule has 2 aliphatic rings. The molecule has 2 saturated heterocycles. The van der Waals surface area contributed by atoms with E-state index in [9.17, 15) is 17.6 Å². The molecule has 0 aromatic heterocycles. The van der Waals surface area contributed by atoms with Crippen molar-refractivity contribution in [3.05, 3.63) is 30.1 Å². The van der Waals surface area contributed by atoms with Gasteiger partial charge in [-0.15, -0.1) is 0 Å². The van der Waals surface area contributed by atoms with Gasteiger partial charge >= 0.3 is 0 Å². The second-order valence-corrected chi connectivity index (χ2v) is 8.10. The van der Waals surface area contributed by atoms with Gasteiger partial charge in [-0.1, -0.05) is 0 Å². The first-order chi connectivity index (χ1) is 11.0. The minimum absolute atomic E-state index is 0.0761. The van der Waals surface area contributed by atoms with Gasteiger partial charge in [0.1, 0.15) is 5.82 Å². The van der Waals surface area contributed by atoms with Crippen LogP contribution in [-0.2, 0) is 14.8 Å². The van der Waals surface area contributed by atoms with Crippen LogP contribution < -0.4 is 0 Å². The van der Waals surface area contributed by atoms with Gasteiger partial charge in [0.25, 0.3) is 0 Å². The first-order valence-electron chi connectivity index (χ1n) is 8.03. The van der Waals surface area contributed by atoms with E-state index in [-0.39, 0.29) is 16.7 Å². The van der Waals surface area contributed by atoms with E-state index < -0.39 is 15.8 Å². The van der Waals surface area contributed by atoms with E-state index in [4.69, 9.17) is 0 Å². The number of rotatable bonds is 3. The minimum atomic E-state index is -3.61. The van der Waals surface area contributed by atoms with E-state index in [1.54, 1.807) is 0 Å². The van der Waals surface area contributed by atoms with Crippen LogP contribution in [0.1, 0.15) is 25.7 Å². The molecule has 0 saturated carbocycles. The van der Waals surface area contributed by atoms with Gasteiger partial charge in [-0.05, 0) is 49.9 Å². The quantitative estimate of drug-likeness (QED) is 0.844. The topological polar surface area (TPSA) is 57.7 Å². The number of halogens is 1. The van der Waals surface area contributed by atoms with Crippen LogP contribution in [0.4, 0.5) is 4.39 Å². The standard InChI is InChI=1S/C16H21FN2O3S/c17-14-3-5-15(6-4-14)23(21,22)19-11-7-13(8-12-19)16(20)18-9-1-2-10-18/h3-6,13H,1-2,7-12H2. The Kier molecular flexibility index (Phi) is 4.68. The number of piperidine rings is 1. The predicted octanol–water partition coefficient (Wildman–Crippen LogP) is 1.85. The Hall–Kier alpha value is -1.47. The third-order valence-electron chi connectivity index (χ3n) is 4.67. The summed E-state index contributed by atoms with van der Waals surface area (Å²) in [7, 11) is -3.61. The number of benzene rings is 1. The maximum Gasteiger partial charge on any atom is 0.243 e. The van der Waals surface area contributed by atoms with E-state index in [1.807, 2.05) is 4.90 Å². The van der Waals surface area contributed by atoms with Crippen LogP contribution in [-0.4, -0.2) is 49.7 Å². The van der Waals surface area contributed by atoms with Crippen molar-refractivity contribution in [2.75, 3.05) is 26.2 Å². The van der Waals surface area contributed by atoms with Crippen LogP contribution in [0.15, 0.2) is 29.2 Å². The van der Waals surface area contributed by atoms with Crippen molar-refractivity contribution in [3.63, 3.8) is 0 Å². The van der Waals surface area contributed by atoms with Gasteiger partial charge in [-0.3, -0.25) is 4.79 Å². The molecule has 1 aromatic rings. The maximum absolute atomic E-state index is 13.0. The molecular formula is C16H21FN2O3S. The van der Waals surface area contributed by atoms with Gasteiger partial charge in [0.15, 0.2) is 0 Å². The van der Waals surface area contributed by atoms with Crippen LogP contribution in [0.3, 0.4) is 0 Å². The Balaban J connectivity index is 1.64. The SMILES string of the molecule is O=C(C1CCN(S(=O)(=O)c2ccc(F)cc2)CC1)N1CCCC1. The van der Waals surface area contributed by atoms with E-state index in [1.165, 1.54) is 16.4 Å². The summed E-state index contributed by atoms with van der Waals surface area (Å²) in [4.78, 5) is 14.4. The van der Waals surface area contributed by atoms with Gasteiger partial charge in [-0.2, -0.15) is 4.31 Å². The van der Waals surface area contributed by atoms with Crippen LogP contribution >= 0.6 is 0 Å². The maximum atomic E-state index is 13.0. The van der Waals surface area contributed by atoms with Crippen molar-refractivity contribution in [1.29, 1.82) is 0 Å². The van der Waals surface area contributed by atoms with Crippen LogP contribution in [0.2, 0.25) is 0 Å². The van der Waals surface area contributed by atoms with Crippen molar-refractivity contribution in [3.8, 4) is 0 Å². The molecule has 23 heavy (non-hydrogen) atoms. The first-order valence-corrected chi connectivity index (χ1v) is 9.47. The molecule has 0 atom stereocenters. The zero-order valence-corrected chi connectivity index (χ0v) is 13.8. The van der Waals surface area contributed by atoms with Gasteiger partial charge in [-0.25, -0.2) is 12.8 Å². The second-order valence-electron chi connectivity index (χ2n) is 6.16. The minimum Gasteiger partial charge on any atom is -0.342 e. The molecule has 5 nitrogen and oxygen atoms in total. The lowest BCUT2D eigenvalue weighted by Gasteiger charge is -2.32. The molecule has 3 rings (SSSR count). The fourth-order valence-corrected chi connectivity index (χ4v) is 4.76. The Morgan fingerprint density at radius 2 is 1.57 bits per heavy atom. The normalized spacial score (nSPS) is 20.8. The Bertz CT molecular complexity index is 661. The fourth-order valence-electron chi connectivity index (χ4n) is 3.29. The molecule has 7 heteroatoms. The van der Waals surface area contributed by atoms with Gasteiger partial charge in [0, 0.05) is 32.1 Å². The van der Waals surface area contributed by atoms with Crippen molar-refractivity contribution in [2.24, 2.45) is 5.92 Å². The van der Waals surface area contributed by atoms with Crippen molar-refractivity contribution < 1.29 is 17.6 Å². The molecular weight excluding hydrogens is 319 g/mol. The summed E-state index contributed by atoms with van der Waals surface area (Å²) in [5, 5.41) is 0. The smallest absolute Gasteiger partial charge is 0.243 e. The third kappa shape index (κ3) is 3.40. The molecule has 126 valence electrons. The highest BCUT2D eigenvalue weighted by molar-refractivity contribution is 7.89. The van der Waals surface area contributed by atoms with Crippen molar-refractivity contribution in [2.45, 2.75) is 30.6 Å². The fraction of sp³-hybridized carbons (Fsp3) is 0.562. The molecule has 0 bridgehead atoms. The molecule has 2 aliphatic heterocycles.